The van der Waals surface area contributed by atoms with Gasteiger partial charge in [0, 0.05) is 56.8 Å². The number of hydrogen-bond donors (Lipinski definition) is 0. The summed E-state index contributed by atoms with van der Waals surface area (Å²) in [7, 11) is 0. The quantitative estimate of drug-likeness (QED) is 0.180. The van der Waals surface area contributed by atoms with Crippen LogP contribution >= 0.6 is 0 Å². The van der Waals surface area contributed by atoms with Crippen molar-refractivity contribution >= 4 is 21.9 Å². The highest BCUT2D eigenvalue weighted by atomic mass is 16.3. The van der Waals surface area contributed by atoms with Gasteiger partial charge in [-0.25, -0.2) is 0 Å². The van der Waals surface area contributed by atoms with Crippen molar-refractivity contribution in [2.24, 2.45) is 35.5 Å². The SMILES string of the molecule is Cc1cc2[n+](c3ccccc13)C1(c3ccc4c(c3-2)C(C)(C)c2c-4oc3ccccc23)C(C2CCCCC2)C(C(C)C)C1C1CCCCC1. The van der Waals surface area contributed by atoms with Crippen LogP contribution in [0.25, 0.3) is 44.5 Å². The van der Waals surface area contributed by atoms with Crippen LogP contribution in [0, 0.1) is 42.4 Å². The normalized spacial score (nSPS) is 27.8. The summed E-state index contributed by atoms with van der Waals surface area (Å²) in [5, 5.41) is 2.71. The highest BCUT2D eigenvalue weighted by Gasteiger charge is 2.76. The maximum absolute atomic E-state index is 6.78. The fourth-order valence-electron chi connectivity index (χ4n) is 12.9. The van der Waals surface area contributed by atoms with Gasteiger partial charge in [-0.1, -0.05) is 109 Å². The summed E-state index contributed by atoms with van der Waals surface area (Å²) in [4.78, 5) is 0. The van der Waals surface area contributed by atoms with E-state index in [2.05, 4.69) is 106 Å². The largest absolute Gasteiger partial charge is 0.456 e. The Hall–Kier alpha value is -3.39. The predicted octanol–water partition coefficient (Wildman–Crippen LogP) is 11.9. The number of pyridine rings is 1. The van der Waals surface area contributed by atoms with Crippen LogP contribution in [-0.2, 0) is 11.0 Å². The van der Waals surface area contributed by atoms with Crippen molar-refractivity contribution in [3.05, 3.63) is 89.0 Å². The maximum Gasteiger partial charge on any atom is 0.214 e. The number of benzene rings is 3. The molecule has 1 spiro atoms. The molecule has 2 unspecified atom stereocenters. The summed E-state index contributed by atoms with van der Waals surface area (Å²) < 4.78 is 9.79. The molecule has 5 aromatic rings. The van der Waals surface area contributed by atoms with E-state index in [4.69, 9.17) is 4.42 Å². The topological polar surface area (TPSA) is 17.0 Å². The first kappa shape index (κ1) is 29.5. The van der Waals surface area contributed by atoms with Gasteiger partial charge in [-0.3, -0.25) is 0 Å². The van der Waals surface area contributed by atoms with Crippen LogP contribution in [0.3, 0.4) is 0 Å². The molecule has 1 aliphatic heterocycles. The second-order valence-electron chi connectivity index (χ2n) is 17.4. The average Bonchev–Trinajstić information content (AvgIpc) is 3.70. The number of para-hydroxylation sites is 2. The number of rotatable bonds is 3. The number of fused-ring (bicyclic) bond motifs is 13. The number of hydrogen-bond acceptors (Lipinski definition) is 1. The zero-order chi connectivity index (χ0) is 32.5. The molecule has 2 heteroatoms. The van der Waals surface area contributed by atoms with Gasteiger partial charge in [0.2, 0.25) is 16.7 Å². The molecular weight excluding hydrogens is 583 g/mol. The van der Waals surface area contributed by atoms with Crippen molar-refractivity contribution < 1.29 is 8.98 Å². The summed E-state index contributed by atoms with van der Waals surface area (Å²) in [6, 6.07) is 25.9. The Kier molecular flexibility index (Phi) is 6.34. The summed E-state index contributed by atoms with van der Waals surface area (Å²) in [6.07, 6.45) is 14.0. The number of nitrogens with zero attached hydrogens (tertiary/aromatic N) is 1. The molecular formula is C46H52NO+. The molecule has 3 saturated carbocycles. The fourth-order valence-corrected chi connectivity index (χ4v) is 12.9. The van der Waals surface area contributed by atoms with Crippen LogP contribution in [0.1, 0.15) is 114 Å². The molecule has 3 fully saturated rings. The molecule has 3 heterocycles. The Labute approximate surface area is 286 Å². The van der Waals surface area contributed by atoms with Crippen molar-refractivity contribution in [1.82, 2.24) is 0 Å². The lowest BCUT2D eigenvalue weighted by Crippen LogP contribution is -2.77. The van der Waals surface area contributed by atoms with Gasteiger partial charge < -0.3 is 4.42 Å². The standard InChI is InChI=1S/C46H52NO/c1-27(2)38-40(29-16-8-6-9-17-29)46(41(38)30-18-10-7-11-19-30)34-25-24-33-42(45(4,5)43-32-21-13-15-23-37(32)48-44(33)43)39(34)36-26-28(3)31-20-12-14-22-35(31)47(36)46/h12-15,20-27,29-30,38,40-41H,6-11,16-19H2,1-5H3/q+1. The maximum atomic E-state index is 6.78. The van der Waals surface area contributed by atoms with Gasteiger partial charge in [0.25, 0.3) is 0 Å². The molecule has 3 aromatic carbocycles. The van der Waals surface area contributed by atoms with Gasteiger partial charge in [-0.2, -0.15) is 4.57 Å². The first-order valence-corrected chi connectivity index (χ1v) is 19.5. The zero-order valence-electron chi connectivity index (χ0n) is 29.7. The molecule has 2 atom stereocenters. The summed E-state index contributed by atoms with van der Waals surface area (Å²) in [5.41, 5.74) is 12.6. The van der Waals surface area contributed by atoms with Gasteiger partial charge in [0.05, 0.1) is 5.56 Å². The number of furan rings is 1. The van der Waals surface area contributed by atoms with Crippen molar-refractivity contribution in [2.75, 3.05) is 0 Å². The Morgan fingerprint density at radius 3 is 2.02 bits per heavy atom. The molecule has 0 N–H and O–H groups in total. The minimum absolute atomic E-state index is 0.00612. The summed E-state index contributed by atoms with van der Waals surface area (Å²) in [6.45, 7) is 12.5. The molecule has 5 aliphatic rings. The lowest BCUT2D eigenvalue weighted by Gasteiger charge is -2.63. The second kappa shape index (κ2) is 10.3. The molecule has 0 bridgehead atoms. The fraction of sp³-hybridized carbons (Fsp3) is 0.500. The van der Waals surface area contributed by atoms with Crippen molar-refractivity contribution in [3.8, 4) is 22.6 Å². The van der Waals surface area contributed by atoms with E-state index in [1.54, 1.807) is 11.1 Å². The molecule has 2 nitrogen and oxygen atoms in total. The molecule has 0 saturated heterocycles. The third-order valence-electron chi connectivity index (χ3n) is 14.4. The first-order valence-electron chi connectivity index (χ1n) is 19.5. The third kappa shape index (κ3) is 3.58. The Morgan fingerprint density at radius 1 is 0.729 bits per heavy atom. The predicted molar refractivity (Wildman–Crippen MR) is 197 cm³/mol. The van der Waals surface area contributed by atoms with Gasteiger partial charge in [-0.05, 0) is 79.5 Å². The van der Waals surface area contributed by atoms with E-state index in [-0.39, 0.29) is 11.0 Å². The molecule has 0 radical (unpaired) electrons. The van der Waals surface area contributed by atoms with E-state index in [9.17, 15) is 0 Å². The van der Waals surface area contributed by atoms with Crippen molar-refractivity contribution in [2.45, 2.75) is 110 Å². The smallest absolute Gasteiger partial charge is 0.214 e. The molecule has 4 aliphatic carbocycles. The average molecular weight is 635 g/mol. The Balaban J connectivity index is 1.33. The molecule has 10 rings (SSSR count). The Morgan fingerprint density at radius 2 is 1.35 bits per heavy atom. The molecule has 2 aromatic heterocycles. The van der Waals surface area contributed by atoms with Gasteiger partial charge in [0.15, 0.2) is 0 Å². The highest BCUT2D eigenvalue weighted by molar-refractivity contribution is 5.98. The monoisotopic (exact) mass is 634 g/mol. The van der Waals surface area contributed by atoms with E-state index in [1.807, 2.05) is 0 Å². The van der Waals surface area contributed by atoms with Crippen molar-refractivity contribution in [3.63, 3.8) is 0 Å². The molecule has 0 amide bonds. The van der Waals surface area contributed by atoms with E-state index in [0.717, 1.165) is 29.1 Å². The Bertz CT molecular complexity index is 2070. The van der Waals surface area contributed by atoms with E-state index >= 15 is 0 Å². The third-order valence-corrected chi connectivity index (χ3v) is 14.4. The van der Waals surface area contributed by atoms with Crippen LogP contribution in [0.2, 0.25) is 0 Å². The van der Waals surface area contributed by atoms with Gasteiger partial charge in [-0.15, -0.1) is 0 Å². The lowest BCUT2D eigenvalue weighted by molar-refractivity contribution is -0.758. The molecule has 246 valence electrons. The number of aryl methyl sites for hydroxylation is 1. The van der Waals surface area contributed by atoms with Crippen LogP contribution < -0.4 is 4.57 Å². The van der Waals surface area contributed by atoms with Crippen LogP contribution in [0.15, 0.2) is 71.1 Å². The molecule has 48 heavy (non-hydrogen) atoms. The van der Waals surface area contributed by atoms with Gasteiger partial charge >= 0.3 is 0 Å². The lowest BCUT2D eigenvalue weighted by atomic mass is 9.39. The first-order chi connectivity index (χ1) is 23.3. The minimum Gasteiger partial charge on any atom is -0.456 e. The second-order valence-corrected chi connectivity index (χ2v) is 17.4. The van der Waals surface area contributed by atoms with Crippen LogP contribution in [0.4, 0.5) is 0 Å². The summed E-state index contributed by atoms with van der Waals surface area (Å²) >= 11 is 0. The van der Waals surface area contributed by atoms with E-state index < -0.39 is 0 Å². The summed E-state index contributed by atoms with van der Waals surface area (Å²) in [5.74, 6) is 5.47. The highest BCUT2D eigenvalue weighted by Crippen LogP contribution is 2.70. The zero-order valence-corrected chi connectivity index (χ0v) is 29.7. The number of aromatic nitrogens is 1. The minimum atomic E-state index is -0.159. The van der Waals surface area contributed by atoms with E-state index in [0.29, 0.717) is 17.8 Å². The van der Waals surface area contributed by atoms with Gasteiger partial charge in [0.1, 0.15) is 11.3 Å². The van der Waals surface area contributed by atoms with Crippen LogP contribution in [-0.4, -0.2) is 0 Å². The van der Waals surface area contributed by atoms with Crippen LogP contribution in [0.5, 0.6) is 0 Å². The van der Waals surface area contributed by atoms with Crippen molar-refractivity contribution in [1.29, 1.82) is 0 Å². The van der Waals surface area contributed by atoms with E-state index in [1.165, 1.54) is 108 Å².